The van der Waals surface area contributed by atoms with Crippen molar-refractivity contribution in [1.82, 2.24) is 19.3 Å². The molecule has 4 rings (SSSR count). The Morgan fingerprint density at radius 3 is 2.73 bits per heavy atom. The number of aryl methyl sites for hydroxylation is 1. The molecule has 0 aliphatic carbocycles. The third kappa shape index (κ3) is 5.34. The summed E-state index contributed by atoms with van der Waals surface area (Å²) in [4.78, 5) is 19.2. The summed E-state index contributed by atoms with van der Waals surface area (Å²) in [6, 6.07) is 14.3. The van der Waals surface area contributed by atoms with E-state index in [0.29, 0.717) is 31.1 Å². The third-order valence-corrected chi connectivity index (χ3v) is 8.06. The van der Waals surface area contributed by atoms with E-state index in [9.17, 15) is 13.2 Å². The minimum absolute atomic E-state index is 0.138. The molecule has 8 nitrogen and oxygen atoms in total. The minimum Gasteiger partial charge on any atom is -0.337 e. The fourth-order valence-electron chi connectivity index (χ4n) is 3.88. The van der Waals surface area contributed by atoms with E-state index in [1.54, 1.807) is 31.3 Å². The Morgan fingerprint density at radius 2 is 2.00 bits per heavy atom. The second-order valence-electron chi connectivity index (χ2n) is 8.23. The van der Waals surface area contributed by atoms with Crippen molar-refractivity contribution in [3.63, 3.8) is 0 Å². The highest BCUT2D eigenvalue weighted by Gasteiger charge is 2.34. The van der Waals surface area contributed by atoms with Crippen LogP contribution in [0.15, 0.2) is 62.4 Å². The van der Waals surface area contributed by atoms with Gasteiger partial charge in [0.05, 0.1) is 17.4 Å². The van der Waals surface area contributed by atoms with Gasteiger partial charge in [-0.25, -0.2) is 8.42 Å². The first-order valence-electron chi connectivity index (χ1n) is 10.6. The lowest BCUT2D eigenvalue weighted by atomic mass is 9.98. The molecule has 2 aromatic carbocycles. The normalized spacial score (nSPS) is 17.1. The topological polar surface area (TPSA) is 96.6 Å². The van der Waals surface area contributed by atoms with Crippen molar-refractivity contribution >= 4 is 31.9 Å². The number of rotatable bonds is 6. The number of carbonyl (C=O) groups is 1. The van der Waals surface area contributed by atoms with Gasteiger partial charge in [0.1, 0.15) is 0 Å². The van der Waals surface area contributed by atoms with Crippen LogP contribution in [0.2, 0.25) is 0 Å². The molecule has 1 fully saturated rings. The molecule has 0 bridgehead atoms. The van der Waals surface area contributed by atoms with Crippen LogP contribution in [0.5, 0.6) is 0 Å². The molecule has 174 valence electrons. The van der Waals surface area contributed by atoms with Crippen LogP contribution in [0.4, 0.5) is 0 Å². The molecule has 1 atom stereocenters. The van der Waals surface area contributed by atoms with Gasteiger partial charge in [-0.3, -0.25) is 4.79 Å². The summed E-state index contributed by atoms with van der Waals surface area (Å²) in [5, 5.41) is 4.00. The highest BCUT2D eigenvalue weighted by atomic mass is 79.9. The number of sulfonamides is 1. The molecule has 10 heteroatoms. The second-order valence-corrected chi connectivity index (χ2v) is 11.1. The van der Waals surface area contributed by atoms with Crippen molar-refractivity contribution in [1.29, 1.82) is 0 Å². The van der Waals surface area contributed by atoms with Crippen molar-refractivity contribution in [3.8, 4) is 11.4 Å². The highest BCUT2D eigenvalue weighted by molar-refractivity contribution is 9.10. The summed E-state index contributed by atoms with van der Waals surface area (Å²) in [7, 11) is -1.98. The van der Waals surface area contributed by atoms with Gasteiger partial charge in [-0.1, -0.05) is 50.9 Å². The van der Waals surface area contributed by atoms with E-state index < -0.39 is 15.9 Å². The Bertz CT molecular complexity index is 1240. The summed E-state index contributed by atoms with van der Waals surface area (Å²) in [5.41, 5.74) is 1.80. The van der Waals surface area contributed by atoms with Crippen LogP contribution in [0.25, 0.3) is 11.4 Å². The van der Waals surface area contributed by atoms with Gasteiger partial charge in [-0.2, -0.15) is 9.29 Å². The van der Waals surface area contributed by atoms with Crippen LogP contribution in [0, 0.1) is 12.8 Å². The SMILES string of the molecule is Cc1ccc(S(=O)(=O)N2CCCC(C(=O)N(C)Cc3nc(-c4cccc(Br)c4)no3)C2)cc1. The van der Waals surface area contributed by atoms with Crippen molar-refractivity contribution < 1.29 is 17.7 Å². The first-order valence-corrected chi connectivity index (χ1v) is 12.9. The average Bonchev–Trinajstić information content (AvgIpc) is 3.27. The second kappa shape index (κ2) is 9.74. The molecular formula is C23H25BrN4O4S. The van der Waals surface area contributed by atoms with Crippen LogP contribution < -0.4 is 0 Å². The maximum absolute atomic E-state index is 13.1. The predicted octanol–water partition coefficient (Wildman–Crippen LogP) is 3.87. The van der Waals surface area contributed by atoms with Crippen molar-refractivity contribution in [2.24, 2.45) is 5.92 Å². The van der Waals surface area contributed by atoms with E-state index in [-0.39, 0.29) is 23.9 Å². The molecule has 1 amide bonds. The zero-order valence-corrected chi connectivity index (χ0v) is 20.8. The number of aromatic nitrogens is 2. The fraction of sp³-hybridized carbons (Fsp3) is 0.348. The number of piperidine rings is 1. The van der Waals surface area contributed by atoms with E-state index in [0.717, 1.165) is 15.6 Å². The van der Waals surface area contributed by atoms with Crippen molar-refractivity contribution in [3.05, 3.63) is 64.5 Å². The summed E-state index contributed by atoms with van der Waals surface area (Å²) >= 11 is 3.42. The van der Waals surface area contributed by atoms with Gasteiger partial charge in [-0.05, 0) is 44.0 Å². The van der Waals surface area contributed by atoms with E-state index in [1.165, 1.54) is 9.21 Å². The van der Waals surface area contributed by atoms with E-state index in [2.05, 4.69) is 26.1 Å². The molecule has 3 aromatic rings. The van der Waals surface area contributed by atoms with Gasteiger partial charge in [0.2, 0.25) is 27.6 Å². The lowest BCUT2D eigenvalue weighted by molar-refractivity contribution is -0.136. The first kappa shape index (κ1) is 23.6. The molecule has 1 saturated heterocycles. The molecule has 0 saturated carbocycles. The molecule has 1 unspecified atom stereocenters. The Balaban J connectivity index is 1.42. The number of hydrogen-bond donors (Lipinski definition) is 0. The quantitative estimate of drug-likeness (QED) is 0.478. The Labute approximate surface area is 201 Å². The van der Waals surface area contributed by atoms with Gasteiger partial charge in [0, 0.05) is 30.2 Å². The lowest BCUT2D eigenvalue weighted by Crippen LogP contribution is -2.45. The number of halogens is 1. The Morgan fingerprint density at radius 1 is 1.24 bits per heavy atom. The van der Waals surface area contributed by atoms with Crippen molar-refractivity contribution in [2.75, 3.05) is 20.1 Å². The predicted molar refractivity (Wildman–Crippen MR) is 127 cm³/mol. The molecule has 0 N–H and O–H groups in total. The van der Waals surface area contributed by atoms with E-state index in [4.69, 9.17) is 4.52 Å². The largest absolute Gasteiger partial charge is 0.337 e. The standard InChI is InChI=1S/C23H25BrN4O4S/c1-16-8-10-20(11-9-16)33(30,31)28-12-4-6-18(14-28)23(29)27(2)15-21-25-22(26-32-21)17-5-3-7-19(24)13-17/h3,5,7-11,13,18H,4,6,12,14-15H2,1-2H3. The number of hydrogen-bond acceptors (Lipinski definition) is 6. The fourth-order valence-corrected chi connectivity index (χ4v) is 5.80. The van der Waals surface area contributed by atoms with Crippen LogP contribution in [-0.4, -0.2) is 53.8 Å². The molecule has 2 heterocycles. The summed E-state index contributed by atoms with van der Waals surface area (Å²) < 4.78 is 33.8. The van der Waals surface area contributed by atoms with Crippen LogP contribution in [-0.2, 0) is 21.4 Å². The Hall–Kier alpha value is -2.56. The zero-order valence-electron chi connectivity index (χ0n) is 18.4. The third-order valence-electron chi connectivity index (χ3n) is 5.69. The minimum atomic E-state index is -3.64. The summed E-state index contributed by atoms with van der Waals surface area (Å²) in [6.07, 6.45) is 1.26. The molecular weight excluding hydrogens is 508 g/mol. The first-order chi connectivity index (χ1) is 15.7. The van der Waals surface area contributed by atoms with Gasteiger partial charge in [-0.15, -0.1) is 0 Å². The number of benzene rings is 2. The highest BCUT2D eigenvalue weighted by Crippen LogP contribution is 2.26. The molecule has 0 spiro atoms. The summed E-state index contributed by atoms with van der Waals surface area (Å²) in [5.74, 6) is 0.207. The number of amides is 1. The molecule has 1 aliphatic rings. The summed E-state index contributed by atoms with van der Waals surface area (Å²) in [6.45, 7) is 2.63. The van der Waals surface area contributed by atoms with Gasteiger partial charge < -0.3 is 9.42 Å². The monoisotopic (exact) mass is 532 g/mol. The maximum Gasteiger partial charge on any atom is 0.246 e. The van der Waals surface area contributed by atoms with Gasteiger partial charge >= 0.3 is 0 Å². The maximum atomic E-state index is 13.1. The van der Waals surface area contributed by atoms with Crippen LogP contribution >= 0.6 is 15.9 Å². The molecule has 0 radical (unpaired) electrons. The van der Waals surface area contributed by atoms with E-state index in [1.807, 2.05) is 31.2 Å². The smallest absolute Gasteiger partial charge is 0.246 e. The lowest BCUT2D eigenvalue weighted by Gasteiger charge is -2.33. The number of nitrogens with zero attached hydrogens (tertiary/aromatic N) is 4. The van der Waals surface area contributed by atoms with E-state index >= 15 is 0 Å². The molecule has 1 aliphatic heterocycles. The zero-order chi connectivity index (χ0) is 23.6. The van der Waals surface area contributed by atoms with Crippen LogP contribution in [0.1, 0.15) is 24.3 Å². The average molecular weight is 533 g/mol. The van der Waals surface area contributed by atoms with Gasteiger partial charge in [0.15, 0.2) is 0 Å². The number of carbonyl (C=O) groups excluding carboxylic acids is 1. The Kier molecular flexibility index (Phi) is 6.96. The van der Waals surface area contributed by atoms with Crippen LogP contribution in [0.3, 0.4) is 0 Å². The molecule has 1 aromatic heterocycles. The van der Waals surface area contributed by atoms with Crippen molar-refractivity contribution in [2.45, 2.75) is 31.2 Å². The molecule has 33 heavy (non-hydrogen) atoms. The van der Waals surface area contributed by atoms with Gasteiger partial charge in [0.25, 0.3) is 0 Å².